The molecule has 11 heavy (non-hydrogen) atoms. The zero-order valence-corrected chi connectivity index (χ0v) is 14.8. The van der Waals surface area contributed by atoms with Gasteiger partial charge in [-0.1, -0.05) is 0 Å². The first-order valence-electron chi connectivity index (χ1n) is 4.41. The first-order valence-corrected chi connectivity index (χ1v) is 17.3. The van der Waals surface area contributed by atoms with Gasteiger partial charge in [-0.05, 0) is 0 Å². The monoisotopic (exact) mass is 384 g/mol. The first-order chi connectivity index (χ1) is 4.71. The van der Waals surface area contributed by atoms with Crippen molar-refractivity contribution >= 4 is 39.4 Å². The van der Waals surface area contributed by atoms with Crippen molar-refractivity contribution in [3.63, 3.8) is 0 Å². The van der Waals surface area contributed by atoms with Crippen molar-refractivity contribution in [2.75, 3.05) is 0 Å². The average Bonchev–Trinajstić information content (AvgIpc) is 1.55. The molecule has 0 spiro atoms. The molecule has 0 atom stereocenters. The third-order valence-electron chi connectivity index (χ3n) is 1.31. The van der Waals surface area contributed by atoms with E-state index in [-0.39, 0.29) is 23.2 Å². The molecular formula is C8H23BiSi2. The molecule has 0 aromatic carbocycles. The Balaban J connectivity index is 3.44. The maximum atomic E-state index is 2.52. The summed E-state index contributed by atoms with van der Waals surface area (Å²) in [5.74, 6) is 0. The van der Waals surface area contributed by atoms with Crippen molar-refractivity contribution in [1.82, 2.24) is 0 Å². The van der Waals surface area contributed by atoms with E-state index in [4.69, 9.17) is 0 Å². The van der Waals surface area contributed by atoms with Crippen LogP contribution in [0.25, 0.3) is 0 Å². The summed E-state index contributed by atoms with van der Waals surface area (Å²) < 4.78 is 3.44. The van der Waals surface area contributed by atoms with E-state index in [1.807, 2.05) is 0 Å². The van der Waals surface area contributed by atoms with E-state index in [1.54, 1.807) is 7.50 Å². The van der Waals surface area contributed by atoms with Crippen LogP contribution in [0, 0.1) is 0 Å². The fraction of sp³-hybridized carbons (Fsp3) is 1.00. The van der Waals surface area contributed by atoms with Crippen LogP contribution < -0.4 is 0 Å². The molecule has 0 saturated heterocycles. The van der Waals surface area contributed by atoms with Gasteiger partial charge in [-0.25, -0.2) is 0 Å². The Morgan fingerprint density at radius 1 is 0.727 bits per heavy atom. The van der Waals surface area contributed by atoms with Gasteiger partial charge in [0.1, 0.15) is 0 Å². The van der Waals surface area contributed by atoms with Crippen molar-refractivity contribution in [3.8, 4) is 0 Å². The average molecular weight is 384 g/mol. The molecule has 0 radical (unpaired) electrons. The van der Waals surface area contributed by atoms with E-state index >= 15 is 0 Å². The quantitative estimate of drug-likeness (QED) is 0.654. The van der Waals surface area contributed by atoms with E-state index in [0.717, 1.165) is 0 Å². The normalized spacial score (nSPS) is 13.6. The molecule has 0 amide bonds. The molecule has 0 aliphatic carbocycles. The molecule has 0 aromatic rings. The summed E-state index contributed by atoms with van der Waals surface area (Å²) >= 11 is -0.140. The van der Waals surface area contributed by atoms with Crippen molar-refractivity contribution < 1.29 is 0 Å². The van der Waals surface area contributed by atoms with E-state index in [2.05, 4.69) is 39.3 Å². The molecule has 0 bridgehead atoms. The Hall–Kier alpha value is 1.32. The van der Waals surface area contributed by atoms with Crippen LogP contribution in [-0.4, -0.2) is 39.4 Å². The maximum absolute atomic E-state index is 2.52. The number of hydrogen-bond acceptors (Lipinski definition) is 0. The second kappa shape index (κ2) is 4.52. The molecular weight excluding hydrogens is 361 g/mol. The standard InChI is InChI=1S/2C4H11Si.Bi.H/c2*1-5(2,3)4;;/h2*1H2,2-4H3;;. The van der Waals surface area contributed by atoms with Gasteiger partial charge in [0.2, 0.25) is 0 Å². The van der Waals surface area contributed by atoms with Gasteiger partial charge in [0.15, 0.2) is 0 Å². The van der Waals surface area contributed by atoms with Crippen LogP contribution in [0.3, 0.4) is 0 Å². The molecule has 3 heteroatoms. The van der Waals surface area contributed by atoms with Gasteiger partial charge in [0.25, 0.3) is 0 Å². The summed E-state index contributed by atoms with van der Waals surface area (Å²) in [7, 11) is -1.30. The molecule has 0 aliphatic rings. The van der Waals surface area contributed by atoms with Gasteiger partial charge in [-0.3, -0.25) is 0 Å². The van der Waals surface area contributed by atoms with E-state index < -0.39 is 16.1 Å². The minimum atomic E-state index is -0.648. The van der Waals surface area contributed by atoms with Crippen LogP contribution in [0.2, 0.25) is 46.8 Å². The minimum absolute atomic E-state index is 0.140. The van der Waals surface area contributed by atoms with Crippen LogP contribution in [-0.2, 0) is 0 Å². The summed E-state index contributed by atoms with van der Waals surface area (Å²) in [5.41, 5.74) is 0. The van der Waals surface area contributed by atoms with Gasteiger partial charge < -0.3 is 0 Å². The van der Waals surface area contributed by atoms with Crippen LogP contribution in [0.15, 0.2) is 0 Å². The van der Waals surface area contributed by atoms with Gasteiger partial charge in [-0.2, -0.15) is 0 Å². The Kier molecular flexibility index (Phi) is 5.07. The zero-order chi connectivity index (χ0) is 9.12. The topological polar surface area (TPSA) is 0 Å². The van der Waals surface area contributed by atoms with Gasteiger partial charge >= 0.3 is 86.2 Å². The second-order valence-corrected chi connectivity index (χ2v) is 26.9. The molecule has 0 fully saturated rings. The van der Waals surface area contributed by atoms with Crippen LogP contribution in [0.4, 0.5) is 0 Å². The SMILES string of the molecule is C[Si](C)(C)[CH2][BiH][CH2][Si](C)(C)C. The molecule has 0 rings (SSSR count). The zero-order valence-electron chi connectivity index (χ0n) is 8.91. The van der Waals surface area contributed by atoms with Crippen LogP contribution in [0.5, 0.6) is 0 Å². The molecule has 0 N–H and O–H groups in total. The Morgan fingerprint density at radius 3 is 1.18 bits per heavy atom. The summed E-state index contributed by atoms with van der Waals surface area (Å²) in [4.78, 5) is 0. The first kappa shape index (κ1) is 12.3. The van der Waals surface area contributed by atoms with Crippen LogP contribution in [0.1, 0.15) is 0 Å². The molecule has 0 saturated carbocycles. The molecule has 68 valence electrons. The van der Waals surface area contributed by atoms with Crippen molar-refractivity contribution in [2.45, 2.75) is 46.8 Å². The Morgan fingerprint density at radius 2 is 1.00 bits per heavy atom. The second-order valence-electron chi connectivity index (χ2n) is 5.72. The predicted molar refractivity (Wildman–Crippen MR) is 63.5 cm³/mol. The van der Waals surface area contributed by atoms with Crippen LogP contribution >= 0.6 is 0 Å². The summed E-state index contributed by atoms with van der Waals surface area (Å²) in [6.45, 7) is 15.1. The number of hydrogen-bond donors (Lipinski definition) is 0. The van der Waals surface area contributed by atoms with E-state index in [9.17, 15) is 0 Å². The third-order valence-corrected chi connectivity index (χ3v) is 34.5. The molecule has 0 aromatic heterocycles. The summed E-state index contributed by atoms with van der Waals surface area (Å²) in [5, 5.41) is 0. The van der Waals surface area contributed by atoms with Crippen molar-refractivity contribution in [2.24, 2.45) is 0 Å². The Labute approximate surface area is 85.8 Å². The van der Waals surface area contributed by atoms with Crippen molar-refractivity contribution in [3.05, 3.63) is 0 Å². The fourth-order valence-electron chi connectivity index (χ4n) is 0.812. The molecule has 0 unspecified atom stereocenters. The van der Waals surface area contributed by atoms with Gasteiger partial charge in [0.05, 0.1) is 0 Å². The van der Waals surface area contributed by atoms with Gasteiger partial charge in [-0.15, -0.1) is 0 Å². The summed E-state index contributed by atoms with van der Waals surface area (Å²) in [6, 6.07) is 0. The molecule has 0 aliphatic heterocycles. The third kappa shape index (κ3) is 11.3. The number of rotatable bonds is 4. The van der Waals surface area contributed by atoms with E-state index in [1.165, 1.54) is 0 Å². The van der Waals surface area contributed by atoms with Gasteiger partial charge in [0, 0.05) is 0 Å². The summed E-state index contributed by atoms with van der Waals surface area (Å²) in [6.07, 6.45) is 0. The fourth-order valence-corrected chi connectivity index (χ4v) is 24.7. The van der Waals surface area contributed by atoms with E-state index in [0.29, 0.717) is 0 Å². The predicted octanol–water partition coefficient (Wildman–Crippen LogP) is 3.01. The Bertz CT molecular complexity index is 96.2. The van der Waals surface area contributed by atoms with Crippen molar-refractivity contribution in [1.29, 1.82) is 0 Å². The molecule has 0 nitrogen and oxygen atoms in total. The molecule has 0 heterocycles.